The summed E-state index contributed by atoms with van der Waals surface area (Å²) in [7, 11) is 0. The number of para-hydroxylation sites is 1. The van der Waals surface area contributed by atoms with Crippen molar-refractivity contribution in [3.8, 4) is 11.6 Å². The molecule has 0 spiro atoms. The molecule has 1 fully saturated rings. The van der Waals surface area contributed by atoms with Crippen LogP contribution in [0.2, 0.25) is 0 Å². The molecule has 1 aromatic carbocycles. The Morgan fingerprint density at radius 2 is 2.10 bits per heavy atom. The molecule has 0 saturated heterocycles. The van der Waals surface area contributed by atoms with Crippen LogP contribution in [0.4, 0.5) is 5.82 Å². The lowest BCUT2D eigenvalue weighted by molar-refractivity contribution is 0.456. The largest absolute Gasteiger partial charge is 0.438 e. The number of hydrogen-bond acceptors (Lipinski definition) is 4. The quantitative estimate of drug-likeness (QED) is 0.728. The fourth-order valence-corrected chi connectivity index (χ4v) is 2.50. The third kappa shape index (κ3) is 3.84. The SMILES string of the molecule is CCCNc1cc(Oc2ccccc2I)nc(C2CC2)n1. The van der Waals surface area contributed by atoms with Crippen LogP contribution in [0.25, 0.3) is 0 Å². The van der Waals surface area contributed by atoms with Crippen molar-refractivity contribution in [2.75, 3.05) is 11.9 Å². The number of halogens is 1. The van der Waals surface area contributed by atoms with Crippen molar-refractivity contribution in [2.45, 2.75) is 32.1 Å². The van der Waals surface area contributed by atoms with Crippen molar-refractivity contribution < 1.29 is 4.74 Å². The van der Waals surface area contributed by atoms with Crippen LogP contribution < -0.4 is 10.1 Å². The highest BCUT2D eigenvalue weighted by molar-refractivity contribution is 14.1. The van der Waals surface area contributed by atoms with Crippen LogP contribution in [0.1, 0.15) is 37.9 Å². The van der Waals surface area contributed by atoms with Crippen LogP contribution in [0.15, 0.2) is 30.3 Å². The van der Waals surface area contributed by atoms with Crippen LogP contribution in [0.3, 0.4) is 0 Å². The zero-order valence-corrected chi connectivity index (χ0v) is 14.1. The van der Waals surface area contributed by atoms with Gasteiger partial charge in [0.1, 0.15) is 17.4 Å². The van der Waals surface area contributed by atoms with E-state index in [1.54, 1.807) is 0 Å². The molecule has 0 unspecified atom stereocenters. The maximum atomic E-state index is 5.95. The van der Waals surface area contributed by atoms with Gasteiger partial charge in [-0.25, -0.2) is 4.98 Å². The lowest BCUT2D eigenvalue weighted by atomic mass is 10.3. The zero-order chi connectivity index (χ0) is 14.7. The molecule has 0 amide bonds. The van der Waals surface area contributed by atoms with E-state index in [2.05, 4.69) is 44.8 Å². The van der Waals surface area contributed by atoms with Crippen molar-refractivity contribution in [3.05, 3.63) is 39.7 Å². The lowest BCUT2D eigenvalue weighted by Gasteiger charge is -2.11. The zero-order valence-electron chi connectivity index (χ0n) is 12.0. The first-order valence-electron chi connectivity index (χ1n) is 7.31. The van der Waals surface area contributed by atoms with E-state index >= 15 is 0 Å². The fourth-order valence-electron chi connectivity index (χ4n) is 2.00. The molecule has 2 aromatic rings. The molecule has 110 valence electrons. The predicted octanol–water partition coefficient (Wildman–Crippen LogP) is 4.57. The van der Waals surface area contributed by atoms with E-state index in [1.165, 1.54) is 12.8 Å². The summed E-state index contributed by atoms with van der Waals surface area (Å²) >= 11 is 2.27. The van der Waals surface area contributed by atoms with Gasteiger partial charge in [-0.3, -0.25) is 0 Å². The second-order valence-corrected chi connectivity index (χ2v) is 6.35. The van der Waals surface area contributed by atoms with E-state index in [1.807, 2.05) is 30.3 Å². The summed E-state index contributed by atoms with van der Waals surface area (Å²) in [5, 5.41) is 3.33. The first-order valence-corrected chi connectivity index (χ1v) is 8.39. The molecule has 0 aliphatic heterocycles. The van der Waals surface area contributed by atoms with Gasteiger partial charge in [-0.1, -0.05) is 19.1 Å². The average Bonchev–Trinajstić information content (AvgIpc) is 3.32. The number of rotatable bonds is 6. The molecular formula is C16H18IN3O. The van der Waals surface area contributed by atoms with Crippen LogP contribution in [0.5, 0.6) is 11.6 Å². The molecule has 3 rings (SSSR count). The van der Waals surface area contributed by atoms with E-state index in [4.69, 9.17) is 4.74 Å². The third-order valence-corrected chi connectivity index (χ3v) is 4.16. The van der Waals surface area contributed by atoms with Gasteiger partial charge in [-0.2, -0.15) is 4.98 Å². The van der Waals surface area contributed by atoms with Gasteiger partial charge < -0.3 is 10.1 Å². The van der Waals surface area contributed by atoms with Gasteiger partial charge in [0.15, 0.2) is 0 Å². The minimum Gasteiger partial charge on any atom is -0.438 e. The highest BCUT2D eigenvalue weighted by Crippen LogP contribution is 2.39. The van der Waals surface area contributed by atoms with Crippen LogP contribution >= 0.6 is 22.6 Å². The normalized spacial score (nSPS) is 14.0. The maximum absolute atomic E-state index is 5.95. The Labute approximate surface area is 138 Å². The lowest BCUT2D eigenvalue weighted by Crippen LogP contribution is -2.05. The van der Waals surface area contributed by atoms with Gasteiger partial charge in [0.25, 0.3) is 0 Å². The van der Waals surface area contributed by atoms with E-state index in [9.17, 15) is 0 Å². The summed E-state index contributed by atoms with van der Waals surface area (Å²) in [6.07, 6.45) is 3.43. The van der Waals surface area contributed by atoms with Crippen molar-refractivity contribution in [1.29, 1.82) is 0 Å². The van der Waals surface area contributed by atoms with E-state index in [0.29, 0.717) is 11.8 Å². The van der Waals surface area contributed by atoms with Crippen molar-refractivity contribution >= 4 is 28.4 Å². The molecule has 1 aliphatic rings. The number of benzene rings is 1. The topological polar surface area (TPSA) is 47.0 Å². The van der Waals surface area contributed by atoms with Gasteiger partial charge in [0, 0.05) is 18.5 Å². The summed E-state index contributed by atoms with van der Waals surface area (Å²) in [5.41, 5.74) is 0. The second kappa shape index (κ2) is 6.60. The van der Waals surface area contributed by atoms with Gasteiger partial charge in [0.05, 0.1) is 3.57 Å². The fraction of sp³-hybridized carbons (Fsp3) is 0.375. The van der Waals surface area contributed by atoms with E-state index in [0.717, 1.165) is 33.9 Å². The average molecular weight is 395 g/mol. The molecule has 21 heavy (non-hydrogen) atoms. The Balaban J connectivity index is 1.86. The molecule has 5 heteroatoms. The number of aromatic nitrogens is 2. The summed E-state index contributed by atoms with van der Waals surface area (Å²) in [6.45, 7) is 3.04. The first-order chi connectivity index (χ1) is 10.3. The number of ether oxygens (including phenoxy) is 1. The minimum atomic E-state index is 0.505. The Morgan fingerprint density at radius 3 is 2.81 bits per heavy atom. The molecule has 1 heterocycles. The molecule has 1 saturated carbocycles. The number of nitrogens with one attached hydrogen (secondary N) is 1. The number of anilines is 1. The van der Waals surface area contributed by atoms with Gasteiger partial charge >= 0.3 is 0 Å². The Bertz CT molecular complexity index is 629. The number of hydrogen-bond donors (Lipinski definition) is 1. The van der Waals surface area contributed by atoms with E-state index < -0.39 is 0 Å². The van der Waals surface area contributed by atoms with Crippen LogP contribution in [-0.2, 0) is 0 Å². The monoisotopic (exact) mass is 395 g/mol. The smallest absolute Gasteiger partial charge is 0.224 e. The summed E-state index contributed by atoms with van der Waals surface area (Å²) in [4.78, 5) is 9.16. The molecule has 1 aliphatic carbocycles. The van der Waals surface area contributed by atoms with Crippen LogP contribution in [0, 0.1) is 3.57 Å². The molecule has 0 atom stereocenters. The number of nitrogens with zero attached hydrogens (tertiary/aromatic N) is 2. The summed E-state index contributed by atoms with van der Waals surface area (Å²) in [6, 6.07) is 9.83. The Kier molecular flexibility index (Phi) is 4.57. The highest BCUT2D eigenvalue weighted by Gasteiger charge is 2.27. The minimum absolute atomic E-state index is 0.505. The van der Waals surface area contributed by atoms with Crippen molar-refractivity contribution in [1.82, 2.24) is 9.97 Å². The highest BCUT2D eigenvalue weighted by atomic mass is 127. The molecular weight excluding hydrogens is 377 g/mol. The predicted molar refractivity (Wildman–Crippen MR) is 92.0 cm³/mol. The van der Waals surface area contributed by atoms with Crippen LogP contribution in [-0.4, -0.2) is 16.5 Å². The van der Waals surface area contributed by atoms with Gasteiger partial charge in [-0.15, -0.1) is 0 Å². The molecule has 0 radical (unpaired) electrons. The summed E-state index contributed by atoms with van der Waals surface area (Å²) in [5.74, 6) is 3.71. The van der Waals surface area contributed by atoms with E-state index in [-0.39, 0.29) is 0 Å². The molecule has 1 aromatic heterocycles. The standard InChI is InChI=1S/C16H18IN3O/c1-2-9-18-14-10-15(20-16(19-14)11-7-8-11)21-13-6-4-3-5-12(13)17/h3-6,10-11H,2,7-9H2,1H3,(H,18,19,20). The maximum Gasteiger partial charge on any atom is 0.224 e. The molecule has 1 N–H and O–H groups in total. The van der Waals surface area contributed by atoms with Crippen molar-refractivity contribution in [3.63, 3.8) is 0 Å². The summed E-state index contributed by atoms with van der Waals surface area (Å²) < 4.78 is 7.02. The second-order valence-electron chi connectivity index (χ2n) is 5.18. The Hall–Kier alpha value is -1.37. The van der Waals surface area contributed by atoms with Gasteiger partial charge in [0.2, 0.25) is 5.88 Å². The molecule has 4 nitrogen and oxygen atoms in total. The first kappa shape index (κ1) is 14.6. The molecule has 0 bridgehead atoms. The Morgan fingerprint density at radius 1 is 1.29 bits per heavy atom. The van der Waals surface area contributed by atoms with Crippen molar-refractivity contribution in [2.24, 2.45) is 0 Å². The van der Waals surface area contributed by atoms with Gasteiger partial charge in [-0.05, 0) is 54.0 Å². The third-order valence-electron chi connectivity index (χ3n) is 3.27.